The van der Waals surface area contributed by atoms with Gasteiger partial charge in [-0.1, -0.05) is 26.0 Å². The summed E-state index contributed by atoms with van der Waals surface area (Å²) in [6.07, 6.45) is -0.849. The van der Waals surface area contributed by atoms with Crippen LogP contribution in [-0.2, 0) is 14.3 Å². The lowest BCUT2D eigenvalue weighted by molar-refractivity contribution is -0.157. The number of ether oxygens (including phenoxy) is 3. The number of amides is 1. The van der Waals surface area contributed by atoms with Gasteiger partial charge in [0.2, 0.25) is 6.10 Å². The van der Waals surface area contributed by atoms with Crippen molar-refractivity contribution in [1.82, 2.24) is 5.32 Å². The first-order valence-corrected chi connectivity index (χ1v) is 6.88. The Labute approximate surface area is 123 Å². The van der Waals surface area contributed by atoms with E-state index in [4.69, 9.17) is 14.2 Å². The van der Waals surface area contributed by atoms with Crippen molar-refractivity contribution in [1.29, 1.82) is 0 Å². The van der Waals surface area contributed by atoms with Gasteiger partial charge in [-0.25, -0.2) is 4.79 Å². The van der Waals surface area contributed by atoms with E-state index in [2.05, 4.69) is 5.32 Å². The number of hydrogen-bond donors (Lipinski definition) is 1. The summed E-state index contributed by atoms with van der Waals surface area (Å²) in [4.78, 5) is 23.3. The molecule has 1 atom stereocenters. The Bertz CT molecular complexity index is 515. The van der Waals surface area contributed by atoms with Crippen molar-refractivity contribution in [2.45, 2.75) is 20.0 Å². The monoisotopic (exact) mass is 293 g/mol. The highest BCUT2D eigenvalue weighted by molar-refractivity contribution is 5.82. The van der Waals surface area contributed by atoms with E-state index in [1.165, 1.54) is 0 Å². The van der Waals surface area contributed by atoms with Crippen LogP contribution in [-0.4, -0.2) is 37.7 Å². The van der Waals surface area contributed by atoms with Crippen LogP contribution in [0.5, 0.6) is 11.5 Å². The molecule has 0 aromatic heterocycles. The SMILES string of the molecule is CC(C)CNC(=O)COC(=O)C1COc2ccccc2O1. The lowest BCUT2D eigenvalue weighted by atomic mass is 10.2. The molecule has 1 heterocycles. The Morgan fingerprint density at radius 3 is 2.76 bits per heavy atom. The molecule has 0 aliphatic carbocycles. The number of nitrogens with one attached hydrogen (secondary N) is 1. The normalized spacial score (nSPS) is 16.4. The van der Waals surface area contributed by atoms with Gasteiger partial charge in [0.25, 0.3) is 5.91 Å². The zero-order valence-corrected chi connectivity index (χ0v) is 12.1. The molecule has 6 nitrogen and oxygen atoms in total. The number of fused-ring (bicyclic) bond motifs is 1. The maximum atomic E-state index is 11.8. The molecule has 1 aromatic rings. The molecule has 1 unspecified atom stereocenters. The second-order valence-electron chi connectivity index (χ2n) is 5.17. The Morgan fingerprint density at radius 2 is 2.05 bits per heavy atom. The van der Waals surface area contributed by atoms with Crippen molar-refractivity contribution in [3.63, 3.8) is 0 Å². The smallest absolute Gasteiger partial charge is 0.351 e. The summed E-state index contributed by atoms with van der Waals surface area (Å²) in [6.45, 7) is 4.28. The Morgan fingerprint density at radius 1 is 1.33 bits per heavy atom. The van der Waals surface area contributed by atoms with Gasteiger partial charge in [-0.2, -0.15) is 0 Å². The van der Waals surface area contributed by atoms with Crippen molar-refractivity contribution in [3.05, 3.63) is 24.3 Å². The molecular weight excluding hydrogens is 274 g/mol. The second kappa shape index (κ2) is 6.97. The number of carbonyl (C=O) groups excluding carboxylic acids is 2. The van der Waals surface area contributed by atoms with Crippen LogP contribution < -0.4 is 14.8 Å². The van der Waals surface area contributed by atoms with E-state index in [1.54, 1.807) is 18.2 Å². The molecule has 0 fully saturated rings. The molecule has 6 heteroatoms. The third kappa shape index (κ3) is 4.37. The summed E-state index contributed by atoms with van der Waals surface area (Å²) in [7, 11) is 0. The molecule has 1 amide bonds. The van der Waals surface area contributed by atoms with Gasteiger partial charge in [0.05, 0.1) is 0 Å². The first-order chi connectivity index (χ1) is 10.1. The van der Waals surface area contributed by atoms with Crippen LogP contribution in [0.4, 0.5) is 0 Å². The van der Waals surface area contributed by atoms with Crippen LogP contribution in [0.15, 0.2) is 24.3 Å². The van der Waals surface area contributed by atoms with Crippen LogP contribution in [0.25, 0.3) is 0 Å². The highest BCUT2D eigenvalue weighted by Crippen LogP contribution is 2.30. The molecule has 2 rings (SSSR count). The van der Waals surface area contributed by atoms with Crippen LogP contribution in [0.1, 0.15) is 13.8 Å². The molecule has 21 heavy (non-hydrogen) atoms. The molecule has 114 valence electrons. The van der Waals surface area contributed by atoms with E-state index in [1.807, 2.05) is 19.9 Å². The van der Waals surface area contributed by atoms with Crippen molar-refractivity contribution < 1.29 is 23.8 Å². The Hall–Kier alpha value is -2.24. The summed E-state index contributed by atoms with van der Waals surface area (Å²) in [6, 6.07) is 7.08. The summed E-state index contributed by atoms with van der Waals surface area (Å²) in [5.41, 5.74) is 0. The van der Waals surface area contributed by atoms with E-state index in [9.17, 15) is 9.59 Å². The standard InChI is InChI=1S/C15H19NO5/c1-10(2)7-16-14(17)9-20-15(18)13-8-19-11-5-3-4-6-12(11)21-13/h3-6,10,13H,7-9H2,1-2H3,(H,16,17). The maximum Gasteiger partial charge on any atom is 0.351 e. The van der Waals surface area contributed by atoms with Gasteiger partial charge in [-0.15, -0.1) is 0 Å². The molecule has 0 spiro atoms. The van der Waals surface area contributed by atoms with Gasteiger partial charge < -0.3 is 19.5 Å². The van der Waals surface area contributed by atoms with Crippen LogP contribution in [0.3, 0.4) is 0 Å². The second-order valence-corrected chi connectivity index (χ2v) is 5.17. The van der Waals surface area contributed by atoms with Gasteiger partial charge in [0.1, 0.15) is 6.61 Å². The molecule has 1 aliphatic rings. The highest BCUT2D eigenvalue weighted by atomic mass is 16.6. The van der Waals surface area contributed by atoms with Crippen LogP contribution >= 0.6 is 0 Å². The molecule has 1 N–H and O–H groups in total. The molecule has 0 bridgehead atoms. The fourth-order valence-corrected chi connectivity index (χ4v) is 1.73. The van der Waals surface area contributed by atoms with Crippen molar-refractivity contribution in [2.75, 3.05) is 19.8 Å². The van der Waals surface area contributed by atoms with Gasteiger partial charge in [0.15, 0.2) is 18.1 Å². The third-order valence-electron chi connectivity index (χ3n) is 2.82. The zero-order valence-electron chi connectivity index (χ0n) is 12.1. The Balaban J connectivity index is 1.78. The summed E-state index contributed by atoms with van der Waals surface area (Å²) in [5.74, 6) is 0.501. The minimum atomic E-state index is -0.849. The largest absolute Gasteiger partial charge is 0.485 e. The minimum Gasteiger partial charge on any atom is -0.485 e. The predicted molar refractivity (Wildman–Crippen MR) is 75.2 cm³/mol. The van der Waals surface area contributed by atoms with Crippen LogP contribution in [0.2, 0.25) is 0 Å². The summed E-state index contributed by atoms with van der Waals surface area (Å²) < 4.78 is 15.8. The summed E-state index contributed by atoms with van der Waals surface area (Å²) >= 11 is 0. The van der Waals surface area contributed by atoms with E-state index in [0.29, 0.717) is 24.0 Å². The van der Waals surface area contributed by atoms with Crippen molar-refractivity contribution in [3.8, 4) is 11.5 Å². The van der Waals surface area contributed by atoms with Crippen LogP contribution in [0, 0.1) is 5.92 Å². The van der Waals surface area contributed by atoms with Crippen molar-refractivity contribution in [2.24, 2.45) is 5.92 Å². The fraction of sp³-hybridized carbons (Fsp3) is 0.467. The van der Waals surface area contributed by atoms with Gasteiger partial charge in [-0.3, -0.25) is 4.79 Å². The quantitative estimate of drug-likeness (QED) is 0.824. The lowest BCUT2D eigenvalue weighted by Crippen LogP contribution is -2.40. The van der Waals surface area contributed by atoms with Gasteiger partial charge >= 0.3 is 5.97 Å². The number of para-hydroxylation sites is 2. The maximum absolute atomic E-state index is 11.8. The number of hydrogen-bond acceptors (Lipinski definition) is 5. The fourth-order valence-electron chi connectivity index (χ4n) is 1.73. The molecule has 0 radical (unpaired) electrons. The molecule has 1 aliphatic heterocycles. The average Bonchev–Trinajstić information content (AvgIpc) is 2.50. The molecule has 1 aromatic carbocycles. The lowest BCUT2D eigenvalue weighted by Gasteiger charge is -2.24. The third-order valence-corrected chi connectivity index (χ3v) is 2.82. The molecule has 0 saturated carbocycles. The highest BCUT2D eigenvalue weighted by Gasteiger charge is 2.29. The predicted octanol–water partition coefficient (Wildman–Crippen LogP) is 1.14. The van der Waals surface area contributed by atoms with Gasteiger partial charge in [0, 0.05) is 6.54 Å². The number of rotatable bonds is 5. The topological polar surface area (TPSA) is 73.9 Å². The van der Waals surface area contributed by atoms with Gasteiger partial charge in [-0.05, 0) is 18.1 Å². The van der Waals surface area contributed by atoms with E-state index in [0.717, 1.165) is 0 Å². The average molecular weight is 293 g/mol. The molecule has 0 saturated heterocycles. The minimum absolute atomic E-state index is 0.0729. The number of carbonyl (C=O) groups is 2. The molecular formula is C15H19NO5. The first kappa shape index (κ1) is 15.2. The van der Waals surface area contributed by atoms with E-state index >= 15 is 0 Å². The van der Waals surface area contributed by atoms with Crippen molar-refractivity contribution >= 4 is 11.9 Å². The number of esters is 1. The Kier molecular flexibility index (Phi) is 5.03. The first-order valence-electron chi connectivity index (χ1n) is 6.88. The van der Waals surface area contributed by atoms with E-state index in [-0.39, 0.29) is 19.1 Å². The van der Waals surface area contributed by atoms with E-state index < -0.39 is 12.1 Å². The number of benzene rings is 1. The summed E-state index contributed by atoms with van der Waals surface area (Å²) in [5, 5.41) is 2.67. The zero-order chi connectivity index (χ0) is 15.2.